The van der Waals surface area contributed by atoms with Gasteiger partial charge in [0.25, 0.3) is 0 Å². The number of esters is 1. The molecule has 0 aromatic rings. The molecule has 1 atom stereocenters. The molecule has 1 heterocycles. The molecule has 76 valence electrons. The fourth-order valence-electron chi connectivity index (χ4n) is 1.55. The second-order valence-electron chi connectivity index (χ2n) is 3.42. The van der Waals surface area contributed by atoms with Crippen LogP contribution in [0.5, 0.6) is 0 Å². The van der Waals surface area contributed by atoms with Gasteiger partial charge >= 0.3 is 5.97 Å². The molecule has 1 fully saturated rings. The van der Waals surface area contributed by atoms with E-state index in [1.54, 1.807) is 0 Å². The van der Waals surface area contributed by atoms with E-state index in [4.69, 9.17) is 0 Å². The second kappa shape index (κ2) is 5.19. The summed E-state index contributed by atoms with van der Waals surface area (Å²) in [5.74, 6) is -0.120. The number of hydrogen-bond donors (Lipinski definition) is 1. The maximum absolute atomic E-state index is 10.9. The molecule has 0 amide bonds. The van der Waals surface area contributed by atoms with Gasteiger partial charge in [-0.25, -0.2) is 0 Å². The molecule has 0 saturated carbocycles. The first-order chi connectivity index (χ1) is 6.24. The molecule has 0 aromatic carbocycles. The van der Waals surface area contributed by atoms with E-state index < -0.39 is 0 Å². The summed E-state index contributed by atoms with van der Waals surface area (Å²) in [6, 6.07) is 0.526. The number of ether oxygens (including phenoxy) is 1. The van der Waals surface area contributed by atoms with Crippen LogP contribution in [0.2, 0.25) is 0 Å². The van der Waals surface area contributed by atoms with Crippen molar-refractivity contribution in [1.29, 1.82) is 0 Å². The SMILES string of the molecule is COC(=O)CCN1CCNCC1C. The third-order valence-corrected chi connectivity index (χ3v) is 2.47. The van der Waals surface area contributed by atoms with Crippen molar-refractivity contribution in [2.45, 2.75) is 19.4 Å². The minimum absolute atomic E-state index is 0.120. The third kappa shape index (κ3) is 3.32. The van der Waals surface area contributed by atoms with Crippen molar-refractivity contribution >= 4 is 5.97 Å². The zero-order chi connectivity index (χ0) is 9.68. The molecule has 1 rings (SSSR count). The van der Waals surface area contributed by atoms with Gasteiger partial charge in [-0.3, -0.25) is 9.69 Å². The molecule has 4 heteroatoms. The first kappa shape index (κ1) is 10.5. The average molecular weight is 186 g/mol. The van der Waals surface area contributed by atoms with E-state index in [0.717, 1.165) is 26.2 Å². The van der Waals surface area contributed by atoms with Gasteiger partial charge in [-0.05, 0) is 6.92 Å². The lowest BCUT2D eigenvalue weighted by atomic mass is 10.2. The van der Waals surface area contributed by atoms with E-state index in [1.165, 1.54) is 7.11 Å². The molecule has 1 aliphatic heterocycles. The van der Waals surface area contributed by atoms with Gasteiger partial charge < -0.3 is 10.1 Å². The van der Waals surface area contributed by atoms with Gasteiger partial charge in [0.15, 0.2) is 0 Å². The van der Waals surface area contributed by atoms with Crippen LogP contribution in [0.4, 0.5) is 0 Å². The van der Waals surface area contributed by atoms with Gasteiger partial charge in [-0.1, -0.05) is 0 Å². The summed E-state index contributed by atoms with van der Waals surface area (Å²) in [7, 11) is 1.43. The largest absolute Gasteiger partial charge is 0.469 e. The van der Waals surface area contributed by atoms with E-state index in [1.807, 2.05) is 0 Å². The number of hydrogen-bond acceptors (Lipinski definition) is 4. The lowest BCUT2D eigenvalue weighted by Crippen LogP contribution is -2.50. The average Bonchev–Trinajstić information content (AvgIpc) is 2.16. The van der Waals surface area contributed by atoms with Crippen LogP contribution in [0.15, 0.2) is 0 Å². The molecule has 0 aliphatic carbocycles. The molecular formula is C9H18N2O2. The summed E-state index contributed by atoms with van der Waals surface area (Å²) in [6.07, 6.45) is 0.501. The lowest BCUT2D eigenvalue weighted by Gasteiger charge is -2.33. The van der Waals surface area contributed by atoms with Crippen molar-refractivity contribution in [3.63, 3.8) is 0 Å². The summed E-state index contributed by atoms with van der Waals surface area (Å²) in [6.45, 7) is 6.05. The quantitative estimate of drug-likeness (QED) is 0.622. The van der Waals surface area contributed by atoms with Gasteiger partial charge in [0, 0.05) is 32.2 Å². The number of carbonyl (C=O) groups excluding carboxylic acids is 1. The molecule has 0 spiro atoms. The number of methoxy groups -OCH3 is 1. The Hall–Kier alpha value is -0.610. The zero-order valence-electron chi connectivity index (χ0n) is 8.38. The predicted octanol–water partition coefficient (Wildman–Crippen LogP) is -0.157. The molecule has 0 bridgehead atoms. The fourth-order valence-corrected chi connectivity index (χ4v) is 1.55. The first-order valence-corrected chi connectivity index (χ1v) is 4.75. The molecule has 4 nitrogen and oxygen atoms in total. The lowest BCUT2D eigenvalue weighted by molar-refractivity contribution is -0.141. The predicted molar refractivity (Wildman–Crippen MR) is 50.5 cm³/mol. The van der Waals surface area contributed by atoms with Crippen LogP contribution in [0.25, 0.3) is 0 Å². The smallest absolute Gasteiger partial charge is 0.306 e. The summed E-state index contributed by atoms with van der Waals surface area (Å²) < 4.78 is 4.60. The van der Waals surface area contributed by atoms with Crippen LogP contribution < -0.4 is 5.32 Å². The molecule has 1 saturated heterocycles. The zero-order valence-corrected chi connectivity index (χ0v) is 8.38. The van der Waals surface area contributed by atoms with Crippen LogP contribution in [0.1, 0.15) is 13.3 Å². The molecule has 1 N–H and O–H groups in total. The highest BCUT2D eigenvalue weighted by atomic mass is 16.5. The van der Waals surface area contributed by atoms with Crippen molar-refractivity contribution in [3.8, 4) is 0 Å². The number of carbonyl (C=O) groups is 1. The maximum atomic E-state index is 10.9. The Morgan fingerprint density at radius 3 is 3.08 bits per heavy atom. The molecular weight excluding hydrogens is 168 g/mol. The molecule has 1 aliphatic rings. The number of rotatable bonds is 3. The Labute approximate surface area is 79.2 Å². The van der Waals surface area contributed by atoms with E-state index in [2.05, 4.69) is 21.9 Å². The van der Waals surface area contributed by atoms with E-state index in [0.29, 0.717) is 12.5 Å². The van der Waals surface area contributed by atoms with Crippen molar-refractivity contribution in [2.24, 2.45) is 0 Å². The Bertz CT molecular complexity index is 173. The minimum atomic E-state index is -0.120. The highest BCUT2D eigenvalue weighted by molar-refractivity contribution is 5.69. The standard InChI is InChI=1S/C9H18N2O2/c1-8-7-10-4-6-11(8)5-3-9(12)13-2/h8,10H,3-7H2,1-2H3. The van der Waals surface area contributed by atoms with Crippen molar-refractivity contribution in [2.75, 3.05) is 33.3 Å². The van der Waals surface area contributed by atoms with Gasteiger partial charge in [-0.2, -0.15) is 0 Å². The Kier molecular flexibility index (Phi) is 4.18. The van der Waals surface area contributed by atoms with E-state index >= 15 is 0 Å². The second-order valence-corrected chi connectivity index (χ2v) is 3.42. The Morgan fingerprint density at radius 1 is 1.69 bits per heavy atom. The van der Waals surface area contributed by atoms with Gasteiger partial charge in [0.1, 0.15) is 0 Å². The summed E-state index contributed by atoms with van der Waals surface area (Å²) in [5.41, 5.74) is 0. The summed E-state index contributed by atoms with van der Waals surface area (Å²) >= 11 is 0. The van der Waals surface area contributed by atoms with E-state index in [-0.39, 0.29) is 5.97 Å². The van der Waals surface area contributed by atoms with Gasteiger partial charge in [-0.15, -0.1) is 0 Å². The Balaban J connectivity index is 2.22. The highest BCUT2D eigenvalue weighted by Gasteiger charge is 2.18. The first-order valence-electron chi connectivity index (χ1n) is 4.75. The molecule has 0 radical (unpaired) electrons. The van der Waals surface area contributed by atoms with Crippen molar-refractivity contribution in [1.82, 2.24) is 10.2 Å². The summed E-state index contributed by atoms with van der Waals surface area (Å²) in [4.78, 5) is 13.2. The number of nitrogens with one attached hydrogen (secondary N) is 1. The third-order valence-electron chi connectivity index (χ3n) is 2.47. The maximum Gasteiger partial charge on any atom is 0.306 e. The highest BCUT2D eigenvalue weighted by Crippen LogP contribution is 2.03. The van der Waals surface area contributed by atoms with Crippen molar-refractivity contribution < 1.29 is 9.53 Å². The monoisotopic (exact) mass is 186 g/mol. The van der Waals surface area contributed by atoms with Crippen molar-refractivity contribution in [3.05, 3.63) is 0 Å². The van der Waals surface area contributed by atoms with Crippen LogP contribution in [0.3, 0.4) is 0 Å². The topological polar surface area (TPSA) is 41.6 Å². The van der Waals surface area contributed by atoms with Gasteiger partial charge in [0.2, 0.25) is 0 Å². The minimum Gasteiger partial charge on any atom is -0.469 e. The normalized spacial score (nSPS) is 24.3. The van der Waals surface area contributed by atoms with E-state index in [9.17, 15) is 4.79 Å². The molecule has 13 heavy (non-hydrogen) atoms. The number of nitrogens with zero attached hydrogens (tertiary/aromatic N) is 1. The molecule has 0 aromatic heterocycles. The van der Waals surface area contributed by atoms with Gasteiger partial charge in [0.05, 0.1) is 13.5 Å². The molecule has 1 unspecified atom stereocenters. The Morgan fingerprint density at radius 2 is 2.46 bits per heavy atom. The van der Waals surface area contributed by atoms with Crippen LogP contribution >= 0.6 is 0 Å². The number of piperazine rings is 1. The van der Waals surface area contributed by atoms with Crippen LogP contribution in [-0.2, 0) is 9.53 Å². The van der Waals surface area contributed by atoms with Crippen LogP contribution in [-0.4, -0.2) is 50.2 Å². The summed E-state index contributed by atoms with van der Waals surface area (Å²) in [5, 5.41) is 3.31. The fraction of sp³-hybridized carbons (Fsp3) is 0.889. The van der Waals surface area contributed by atoms with Crippen LogP contribution in [0, 0.1) is 0 Å².